The van der Waals surface area contributed by atoms with Crippen LogP contribution in [0.3, 0.4) is 0 Å². The van der Waals surface area contributed by atoms with E-state index in [1.165, 1.54) is 11.8 Å². The number of hydrogen-bond donors (Lipinski definition) is 0. The molecule has 0 bridgehead atoms. The lowest BCUT2D eigenvalue weighted by molar-refractivity contribution is -0.125. The van der Waals surface area contributed by atoms with E-state index in [0.29, 0.717) is 23.8 Å². The molecule has 0 aliphatic carbocycles. The molecule has 150 valence electrons. The fourth-order valence-electron chi connectivity index (χ4n) is 3.24. The highest BCUT2D eigenvalue weighted by atomic mass is 32.2. The summed E-state index contributed by atoms with van der Waals surface area (Å²) in [6, 6.07) is 7.60. The Morgan fingerprint density at radius 2 is 2.11 bits per heavy atom. The van der Waals surface area contributed by atoms with Crippen LogP contribution in [0.25, 0.3) is 0 Å². The number of nitrogens with zero attached hydrogens (tertiary/aromatic N) is 3. The monoisotopic (exact) mass is 417 g/mol. The largest absolute Gasteiger partial charge is 0.348 e. The average Bonchev–Trinajstić information content (AvgIpc) is 3.21. The topological polar surface area (TPSA) is 53.5 Å². The number of aryl methyl sites for hydroxylation is 1. The number of thioether (sulfide) groups is 1. The van der Waals surface area contributed by atoms with E-state index in [9.17, 15) is 9.59 Å². The van der Waals surface area contributed by atoms with Gasteiger partial charge in [0, 0.05) is 43.4 Å². The van der Waals surface area contributed by atoms with Gasteiger partial charge in [0.15, 0.2) is 0 Å². The van der Waals surface area contributed by atoms with Crippen molar-refractivity contribution < 1.29 is 9.59 Å². The number of hydrogen-bond acceptors (Lipinski definition) is 5. The van der Waals surface area contributed by atoms with Crippen LogP contribution in [0.15, 0.2) is 34.5 Å². The Morgan fingerprint density at radius 3 is 2.82 bits per heavy atom. The van der Waals surface area contributed by atoms with E-state index in [-0.39, 0.29) is 11.8 Å². The lowest BCUT2D eigenvalue weighted by Crippen LogP contribution is -2.39. The summed E-state index contributed by atoms with van der Waals surface area (Å²) in [4.78, 5) is 34.3. The van der Waals surface area contributed by atoms with Crippen LogP contribution < -0.4 is 0 Å². The normalized spacial score (nSPS) is 16.8. The summed E-state index contributed by atoms with van der Waals surface area (Å²) >= 11 is 3.14. The first-order valence-corrected chi connectivity index (χ1v) is 11.5. The number of amides is 2. The summed E-state index contributed by atoms with van der Waals surface area (Å²) in [5.41, 5.74) is 1.82. The molecule has 1 atom stereocenters. The van der Waals surface area contributed by atoms with Crippen molar-refractivity contribution in [3.8, 4) is 0 Å². The Morgan fingerprint density at radius 1 is 1.32 bits per heavy atom. The molecule has 28 heavy (non-hydrogen) atoms. The van der Waals surface area contributed by atoms with Crippen LogP contribution in [-0.4, -0.2) is 59.5 Å². The molecule has 0 spiro atoms. The van der Waals surface area contributed by atoms with E-state index in [1.807, 2.05) is 29.2 Å². The van der Waals surface area contributed by atoms with Crippen molar-refractivity contribution in [3.63, 3.8) is 0 Å². The number of thiazole rings is 1. The highest BCUT2D eigenvalue weighted by Gasteiger charge is 2.28. The molecule has 0 saturated carbocycles. The highest BCUT2D eigenvalue weighted by molar-refractivity contribution is 8.00. The summed E-state index contributed by atoms with van der Waals surface area (Å²) in [5, 5.41) is 3.28. The van der Waals surface area contributed by atoms with E-state index in [4.69, 9.17) is 4.98 Å². The third kappa shape index (κ3) is 4.94. The molecule has 5 nitrogen and oxygen atoms in total. The summed E-state index contributed by atoms with van der Waals surface area (Å²) in [6.45, 7) is 3.60. The van der Waals surface area contributed by atoms with Crippen LogP contribution >= 0.6 is 23.1 Å². The molecule has 0 radical (unpaired) electrons. The minimum atomic E-state index is 0.0424. The molecule has 3 rings (SSSR count). The third-order valence-electron chi connectivity index (χ3n) is 4.96. The van der Waals surface area contributed by atoms with Gasteiger partial charge in [-0.3, -0.25) is 9.59 Å². The van der Waals surface area contributed by atoms with Crippen molar-refractivity contribution in [2.75, 3.05) is 32.9 Å². The Hall–Kier alpha value is -1.86. The van der Waals surface area contributed by atoms with Crippen LogP contribution in [0.5, 0.6) is 0 Å². The van der Waals surface area contributed by atoms with E-state index in [0.717, 1.165) is 41.4 Å². The lowest BCUT2D eigenvalue weighted by Gasteiger charge is -2.32. The second-order valence-corrected chi connectivity index (χ2v) is 9.10. The van der Waals surface area contributed by atoms with Crippen LogP contribution in [-0.2, 0) is 11.2 Å². The van der Waals surface area contributed by atoms with Crippen LogP contribution in [0.2, 0.25) is 0 Å². The minimum Gasteiger partial charge on any atom is -0.348 e. The van der Waals surface area contributed by atoms with Crippen molar-refractivity contribution in [2.24, 2.45) is 0 Å². The van der Waals surface area contributed by atoms with Gasteiger partial charge >= 0.3 is 0 Å². The van der Waals surface area contributed by atoms with Gasteiger partial charge in [-0.05, 0) is 31.4 Å². The van der Waals surface area contributed by atoms with E-state index in [1.54, 1.807) is 30.3 Å². The number of likely N-dealkylation sites (tertiary alicyclic amines) is 1. The van der Waals surface area contributed by atoms with Gasteiger partial charge in [-0.2, -0.15) is 0 Å². The molecule has 1 saturated heterocycles. The molecule has 1 aliphatic heterocycles. The molecule has 2 amide bonds. The number of carbonyl (C=O) groups is 2. The van der Waals surface area contributed by atoms with Crippen molar-refractivity contribution in [3.05, 3.63) is 45.9 Å². The molecule has 1 fully saturated rings. The van der Waals surface area contributed by atoms with Crippen molar-refractivity contribution in [1.29, 1.82) is 0 Å². The molecule has 1 aliphatic rings. The molecule has 2 aromatic rings. The summed E-state index contributed by atoms with van der Waals surface area (Å²) in [5.74, 6) is 0.745. The molecule has 1 aromatic heterocycles. The van der Waals surface area contributed by atoms with E-state index < -0.39 is 0 Å². The SMILES string of the molecule is CCc1csc(C2CCCN(C(=O)c3ccccc3SCC(=O)N(C)C)C2)n1. The van der Waals surface area contributed by atoms with Gasteiger partial charge in [0.05, 0.1) is 22.0 Å². The quantitative estimate of drug-likeness (QED) is 0.669. The summed E-state index contributed by atoms with van der Waals surface area (Å²) in [6.07, 6.45) is 3.02. The van der Waals surface area contributed by atoms with Crippen molar-refractivity contribution >= 4 is 34.9 Å². The lowest BCUT2D eigenvalue weighted by atomic mass is 9.98. The van der Waals surface area contributed by atoms with Gasteiger partial charge in [-0.25, -0.2) is 4.98 Å². The Labute approximate surface area is 175 Å². The second kappa shape index (κ2) is 9.56. The fraction of sp³-hybridized carbons (Fsp3) is 0.476. The van der Waals surface area contributed by atoms with Gasteiger partial charge in [-0.1, -0.05) is 19.1 Å². The maximum atomic E-state index is 13.2. The maximum Gasteiger partial charge on any atom is 0.255 e. The average molecular weight is 418 g/mol. The van der Waals surface area contributed by atoms with Crippen LogP contribution in [0.1, 0.15) is 46.7 Å². The first-order chi connectivity index (χ1) is 13.5. The number of piperidine rings is 1. The third-order valence-corrected chi connectivity index (χ3v) is 7.07. The predicted molar refractivity (Wildman–Crippen MR) is 115 cm³/mol. The Kier molecular flexibility index (Phi) is 7.13. The number of carbonyl (C=O) groups excluding carboxylic acids is 2. The second-order valence-electron chi connectivity index (χ2n) is 7.19. The molecule has 0 N–H and O–H groups in total. The summed E-state index contributed by atoms with van der Waals surface area (Å²) < 4.78 is 0. The van der Waals surface area contributed by atoms with Gasteiger partial charge in [0.2, 0.25) is 5.91 Å². The predicted octanol–water partition coefficient (Wildman–Crippen LogP) is 3.91. The highest BCUT2D eigenvalue weighted by Crippen LogP contribution is 2.31. The molecule has 1 unspecified atom stereocenters. The van der Waals surface area contributed by atoms with Crippen molar-refractivity contribution in [1.82, 2.24) is 14.8 Å². The standard InChI is InChI=1S/C21H27N3O2S2/c1-4-16-13-28-20(22-16)15-8-7-11-24(12-15)21(26)17-9-5-6-10-18(17)27-14-19(25)23(2)3/h5-6,9-10,13,15H,4,7-8,11-12,14H2,1-3H3. The maximum absolute atomic E-state index is 13.2. The molecule has 7 heteroatoms. The van der Waals surface area contributed by atoms with Gasteiger partial charge < -0.3 is 9.80 Å². The molecular formula is C21H27N3O2S2. The number of rotatable bonds is 6. The van der Waals surface area contributed by atoms with E-state index >= 15 is 0 Å². The zero-order valence-electron chi connectivity index (χ0n) is 16.7. The zero-order valence-corrected chi connectivity index (χ0v) is 18.3. The Balaban J connectivity index is 1.71. The first kappa shape index (κ1) is 20.9. The van der Waals surface area contributed by atoms with Crippen LogP contribution in [0.4, 0.5) is 0 Å². The summed E-state index contributed by atoms with van der Waals surface area (Å²) in [7, 11) is 3.49. The van der Waals surface area contributed by atoms with Gasteiger partial charge in [-0.15, -0.1) is 23.1 Å². The molecule has 1 aromatic carbocycles. The first-order valence-electron chi connectivity index (χ1n) is 9.65. The minimum absolute atomic E-state index is 0.0424. The smallest absolute Gasteiger partial charge is 0.255 e. The van der Waals surface area contributed by atoms with Crippen LogP contribution in [0, 0.1) is 0 Å². The fourth-order valence-corrected chi connectivity index (χ4v) is 5.30. The molecular weight excluding hydrogens is 390 g/mol. The van der Waals surface area contributed by atoms with Gasteiger partial charge in [0.1, 0.15) is 0 Å². The molecule has 2 heterocycles. The number of benzene rings is 1. The van der Waals surface area contributed by atoms with Gasteiger partial charge in [0.25, 0.3) is 5.91 Å². The Bertz CT molecular complexity index is 835. The van der Waals surface area contributed by atoms with Crippen molar-refractivity contribution in [2.45, 2.75) is 37.0 Å². The zero-order chi connectivity index (χ0) is 20.1. The van der Waals surface area contributed by atoms with E-state index in [2.05, 4.69) is 12.3 Å². The number of aromatic nitrogens is 1.